The van der Waals surface area contributed by atoms with Gasteiger partial charge in [-0.15, -0.1) is 5.10 Å². The normalized spacial score (nSPS) is 12.9. The molecule has 2 rings (SSSR count). The van der Waals surface area contributed by atoms with Crippen molar-refractivity contribution in [3.63, 3.8) is 0 Å². The van der Waals surface area contributed by atoms with E-state index in [4.69, 9.17) is 4.42 Å². The molecule has 0 bridgehead atoms. The summed E-state index contributed by atoms with van der Waals surface area (Å²) in [4.78, 5) is 1.13. The molecule has 0 aliphatic heterocycles. The predicted octanol–water partition coefficient (Wildman–Crippen LogP) is 2.00. The van der Waals surface area contributed by atoms with E-state index in [1.54, 1.807) is 6.26 Å². The van der Waals surface area contributed by atoms with Gasteiger partial charge in [-0.3, -0.25) is 0 Å². The average Bonchev–Trinajstić information content (AvgIpc) is 2.89. The van der Waals surface area contributed by atoms with Gasteiger partial charge < -0.3 is 9.73 Å². The standard InChI is InChI=1S/C10H13N3OS/c1-3-7-10(15-13-12-7)9(11-2)8-5-4-6-14-8/h4-6,9,11H,3H2,1-2H3. The molecule has 1 atom stereocenters. The first-order valence-corrected chi connectivity index (χ1v) is 5.66. The van der Waals surface area contributed by atoms with Crippen molar-refractivity contribution < 1.29 is 4.42 Å². The highest BCUT2D eigenvalue weighted by Gasteiger charge is 2.20. The molecule has 0 amide bonds. The summed E-state index contributed by atoms with van der Waals surface area (Å²) in [5.74, 6) is 0.901. The van der Waals surface area contributed by atoms with Crippen molar-refractivity contribution in [3.8, 4) is 0 Å². The molecule has 0 aliphatic rings. The molecule has 15 heavy (non-hydrogen) atoms. The molecule has 0 saturated carbocycles. The number of hydrogen-bond donors (Lipinski definition) is 1. The number of aromatic nitrogens is 2. The van der Waals surface area contributed by atoms with Crippen molar-refractivity contribution in [1.29, 1.82) is 0 Å². The second-order valence-corrected chi connectivity index (χ2v) is 3.96. The molecular formula is C10H13N3OS. The van der Waals surface area contributed by atoms with Gasteiger partial charge in [0.25, 0.3) is 0 Å². The quantitative estimate of drug-likeness (QED) is 0.861. The summed E-state index contributed by atoms with van der Waals surface area (Å²) in [6, 6.07) is 3.91. The third-order valence-electron chi connectivity index (χ3n) is 2.30. The number of rotatable bonds is 4. The van der Waals surface area contributed by atoms with Gasteiger partial charge in [0, 0.05) is 0 Å². The molecule has 2 heterocycles. The molecule has 0 fully saturated rings. The molecule has 0 spiro atoms. The first-order valence-electron chi connectivity index (χ1n) is 4.88. The van der Waals surface area contributed by atoms with Crippen molar-refractivity contribution in [2.45, 2.75) is 19.4 Å². The lowest BCUT2D eigenvalue weighted by Crippen LogP contribution is -2.17. The van der Waals surface area contributed by atoms with Crippen molar-refractivity contribution in [2.24, 2.45) is 0 Å². The maximum Gasteiger partial charge on any atom is 0.126 e. The molecule has 4 nitrogen and oxygen atoms in total. The zero-order valence-corrected chi connectivity index (χ0v) is 9.54. The number of furan rings is 1. The van der Waals surface area contributed by atoms with E-state index in [9.17, 15) is 0 Å². The Bertz CT molecular complexity index is 410. The van der Waals surface area contributed by atoms with Crippen LogP contribution in [0.5, 0.6) is 0 Å². The van der Waals surface area contributed by atoms with Crippen LogP contribution in [0.1, 0.15) is 29.3 Å². The van der Waals surface area contributed by atoms with Gasteiger partial charge in [0.2, 0.25) is 0 Å². The van der Waals surface area contributed by atoms with E-state index in [1.807, 2.05) is 19.2 Å². The predicted molar refractivity (Wildman–Crippen MR) is 58.9 cm³/mol. The maximum atomic E-state index is 5.40. The number of aryl methyl sites for hydroxylation is 1. The molecule has 0 aromatic carbocycles. The molecule has 0 radical (unpaired) electrons. The second kappa shape index (κ2) is 4.55. The minimum atomic E-state index is 0.0648. The minimum Gasteiger partial charge on any atom is -0.467 e. The van der Waals surface area contributed by atoms with E-state index in [1.165, 1.54) is 11.5 Å². The summed E-state index contributed by atoms with van der Waals surface area (Å²) >= 11 is 1.42. The third kappa shape index (κ3) is 1.93. The Morgan fingerprint density at radius 2 is 2.47 bits per heavy atom. The van der Waals surface area contributed by atoms with Crippen LogP contribution >= 0.6 is 11.5 Å². The van der Waals surface area contributed by atoms with E-state index in [2.05, 4.69) is 21.8 Å². The number of hydrogen-bond acceptors (Lipinski definition) is 5. The SMILES string of the molecule is CCc1nnsc1C(NC)c1ccco1. The molecular weight excluding hydrogens is 210 g/mol. The second-order valence-electron chi connectivity index (χ2n) is 3.17. The highest BCUT2D eigenvalue weighted by molar-refractivity contribution is 7.05. The fraction of sp³-hybridized carbons (Fsp3) is 0.400. The van der Waals surface area contributed by atoms with Crippen LogP contribution in [0.2, 0.25) is 0 Å². The Balaban J connectivity index is 2.35. The van der Waals surface area contributed by atoms with Gasteiger partial charge in [0.05, 0.1) is 16.8 Å². The van der Waals surface area contributed by atoms with Crippen LogP contribution in [0.15, 0.2) is 22.8 Å². The first-order chi connectivity index (χ1) is 7.36. The Labute approximate surface area is 92.5 Å². The molecule has 1 N–H and O–H groups in total. The van der Waals surface area contributed by atoms with Crippen molar-refractivity contribution >= 4 is 11.5 Å². The lowest BCUT2D eigenvalue weighted by atomic mass is 10.1. The monoisotopic (exact) mass is 223 g/mol. The number of nitrogens with one attached hydrogen (secondary N) is 1. The van der Waals surface area contributed by atoms with E-state index in [-0.39, 0.29) is 6.04 Å². The van der Waals surface area contributed by atoms with E-state index < -0.39 is 0 Å². The van der Waals surface area contributed by atoms with Crippen molar-refractivity contribution in [1.82, 2.24) is 14.9 Å². The van der Waals surface area contributed by atoms with Gasteiger partial charge in [-0.25, -0.2) is 0 Å². The Hall–Kier alpha value is -1.20. The summed E-state index contributed by atoms with van der Waals surface area (Å²) in [7, 11) is 1.91. The minimum absolute atomic E-state index is 0.0648. The first kappa shape index (κ1) is 10.3. The highest BCUT2D eigenvalue weighted by Crippen LogP contribution is 2.27. The molecule has 2 aromatic rings. The molecule has 5 heteroatoms. The zero-order chi connectivity index (χ0) is 10.7. The summed E-state index contributed by atoms with van der Waals surface area (Å²) in [6.07, 6.45) is 2.57. The van der Waals surface area contributed by atoms with Crippen LogP contribution in [0.25, 0.3) is 0 Å². The summed E-state index contributed by atoms with van der Waals surface area (Å²) in [5.41, 5.74) is 1.04. The Morgan fingerprint density at radius 1 is 1.60 bits per heavy atom. The van der Waals surface area contributed by atoms with Gasteiger partial charge in [-0.05, 0) is 37.1 Å². The van der Waals surface area contributed by atoms with Crippen LogP contribution in [0.4, 0.5) is 0 Å². The van der Waals surface area contributed by atoms with Gasteiger partial charge in [0.15, 0.2) is 0 Å². The average molecular weight is 223 g/mol. The van der Waals surface area contributed by atoms with Crippen LogP contribution in [-0.4, -0.2) is 16.6 Å². The Kier molecular flexibility index (Phi) is 3.13. The van der Waals surface area contributed by atoms with Crippen LogP contribution in [0, 0.1) is 0 Å². The number of nitrogens with zero attached hydrogens (tertiary/aromatic N) is 2. The van der Waals surface area contributed by atoms with Crippen molar-refractivity contribution in [2.75, 3.05) is 7.05 Å². The Morgan fingerprint density at radius 3 is 3.07 bits per heavy atom. The van der Waals surface area contributed by atoms with Gasteiger partial charge in [-0.2, -0.15) is 0 Å². The van der Waals surface area contributed by atoms with Crippen LogP contribution in [0.3, 0.4) is 0 Å². The summed E-state index contributed by atoms with van der Waals surface area (Å²) < 4.78 is 9.38. The fourth-order valence-corrected chi connectivity index (χ4v) is 2.40. The largest absolute Gasteiger partial charge is 0.467 e. The van der Waals surface area contributed by atoms with Crippen LogP contribution in [-0.2, 0) is 6.42 Å². The molecule has 2 aromatic heterocycles. The van der Waals surface area contributed by atoms with E-state index in [0.29, 0.717) is 0 Å². The highest BCUT2D eigenvalue weighted by atomic mass is 32.1. The molecule has 0 saturated heterocycles. The lowest BCUT2D eigenvalue weighted by molar-refractivity contribution is 0.465. The van der Waals surface area contributed by atoms with Gasteiger partial charge >= 0.3 is 0 Å². The van der Waals surface area contributed by atoms with Crippen LogP contribution < -0.4 is 5.32 Å². The maximum absolute atomic E-state index is 5.40. The molecule has 0 aliphatic carbocycles. The van der Waals surface area contributed by atoms with Crippen molar-refractivity contribution in [3.05, 3.63) is 34.7 Å². The summed E-state index contributed by atoms with van der Waals surface area (Å²) in [5, 5.41) is 7.32. The van der Waals surface area contributed by atoms with E-state index >= 15 is 0 Å². The van der Waals surface area contributed by atoms with Gasteiger partial charge in [0.1, 0.15) is 11.8 Å². The summed E-state index contributed by atoms with van der Waals surface area (Å²) in [6.45, 7) is 2.08. The van der Waals surface area contributed by atoms with E-state index in [0.717, 1.165) is 22.8 Å². The topological polar surface area (TPSA) is 51.0 Å². The smallest absolute Gasteiger partial charge is 0.126 e. The zero-order valence-electron chi connectivity index (χ0n) is 8.73. The fourth-order valence-electron chi connectivity index (χ4n) is 1.54. The third-order valence-corrected chi connectivity index (χ3v) is 3.13. The molecule has 80 valence electrons. The van der Waals surface area contributed by atoms with Gasteiger partial charge in [-0.1, -0.05) is 11.4 Å². The molecule has 1 unspecified atom stereocenters. The lowest BCUT2D eigenvalue weighted by Gasteiger charge is -2.11.